The average molecular weight is 595 g/mol. The maximum atomic E-state index is 13.9. The van der Waals surface area contributed by atoms with Crippen LogP contribution in [0.3, 0.4) is 0 Å². The number of nitrogens with one attached hydrogen (secondary N) is 1. The zero-order chi connectivity index (χ0) is 27.9. The van der Waals surface area contributed by atoms with Crippen molar-refractivity contribution in [2.75, 3.05) is 14.2 Å². The molecule has 2 amide bonds. The van der Waals surface area contributed by atoms with Gasteiger partial charge in [-0.05, 0) is 56.9 Å². The minimum Gasteiger partial charge on any atom is -0.508 e. The van der Waals surface area contributed by atoms with E-state index < -0.39 is 41.2 Å². The van der Waals surface area contributed by atoms with Gasteiger partial charge < -0.3 is 19.7 Å². The normalized spacial score (nSPS) is 24.1. The molecule has 2 fully saturated rings. The number of ether oxygens (including phenoxy) is 2. The van der Waals surface area contributed by atoms with E-state index in [2.05, 4.69) is 21.2 Å². The first-order valence-corrected chi connectivity index (χ1v) is 13.1. The van der Waals surface area contributed by atoms with Crippen LogP contribution in [0, 0.1) is 11.8 Å². The maximum absolute atomic E-state index is 13.9. The number of hydrogen-bond donors (Lipinski definition) is 3. The minimum atomic E-state index is -1.79. The first-order chi connectivity index (χ1) is 18.7. The summed E-state index contributed by atoms with van der Waals surface area (Å²) in [5, 5.41) is 23.6. The van der Waals surface area contributed by atoms with Gasteiger partial charge in [-0.15, -0.1) is 0 Å². The number of aromatic hydroxyl groups is 1. The van der Waals surface area contributed by atoms with E-state index in [1.807, 2.05) is 30.3 Å². The number of carbonyl (C=O) groups is 3. The highest BCUT2D eigenvalue weighted by molar-refractivity contribution is 9.10. The van der Waals surface area contributed by atoms with Crippen molar-refractivity contribution in [3.63, 3.8) is 0 Å². The number of benzene rings is 3. The quantitative estimate of drug-likeness (QED) is 0.337. The van der Waals surface area contributed by atoms with E-state index in [0.717, 1.165) is 5.56 Å². The fourth-order valence-electron chi connectivity index (χ4n) is 5.76. The van der Waals surface area contributed by atoms with Gasteiger partial charge >= 0.3 is 5.97 Å². The number of fused-ring (bicyclic) bond motifs is 1. The molecule has 9 nitrogen and oxygen atoms in total. The molecule has 5 rings (SSSR count). The molecule has 2 heterocycles. The van der Waals surface area contributed by atoms with Gasteiger partial charge in [0.1, 0.15) is 11.3 Å². The Morgan fingerprint density at radius 2 is 1.69 bits per heavy atom. The number of halogens is 1. The number of carboxylic acid groups (broad SMARTS) is 1. The van der Waals surface area contributed by atoms with Gasteiger partial charge in [0.05, 0.1) is 37.1 Å². The van der Waals surface area contributed by atoms with Crippen LogP contribution in [0.2, 0.25) is 0 Å². The third-order valence-corrected chi connectivity index (χ3v) is 8.13. The second kappa shape index (κ2) is 10.3. The molecule has 3 N–H and O–H groups in total. The SMILES string of the molecule is COc1cc(C2NC(Cc3ccc(O)cc3)(C(=O)O)C3C(=O)N(Cc4ccccc4)C(=O)C23)cc(Br)c1OC. The molecular formula is C29H27BrN2O7. The van der Waals surface area contributed by atoms with Crippen LogP contribution in [0.4, 0.5) is 0 Å². The first-order valence-electron chi connectivity index (χ1n) is 12.3. The molecule has 0 saturated carbocycles. The van der Waals surface area contributed by atoms with Crippen LogP contribution in [0.5, 0.6) is 17.2 Å². The predicted octanol–water partition coefficient (Wildman–Crippen LogP) is 3.68. The number of imide groups is 1. The lowest BCUT2D eigenvalue weighted by atomic mass is 9.76. The van der Waals surface area contributed by atoms with Crippen molar-refractivity contribution < 1.29 is 34.1 Å². The van der Waals surface area contributed by atoms with Gasteiger partial charge in [-0.3, -0.25) is 24.6 Å². The van der Waals surface area contributed by atoms with Crippen molar-refractivity contribution in [3.05, 3.63) is 87.9 Å². The molecule has 3 aromatic rings. The molecule has 0 aromatic heterocycles. The van der Waals surface area contributed by atoms with Crippen LogP contribution in [0.25, 0.3) is 0 Å². The smallest absolute Gasteiger partial charge is 0.325 e. The summed E-state index contributed by atoms with van der Waals surface area (Å²) in [4.78, 5) is 42.1. The van der Waals surface area contributed by atoms with Crippen LogP contribution in [0.1, 0.15) is 22.7 Å². The highest BCUT2D eigenvalue weighted by Gasteiger charge is 2.68. The van der Waals surface area contributed by atoms with Gasteiger partial charge in [0.15, 0.2) is 11.5 Å². The zero-order valence-electron chi connectivity index (χ0n) is 21.3. The van der Waals surface area contributed by atoms with E-state index in [4.69, 9.17) is 9.47 Å². The van der Waals surface area contributed by atoms with E-state index in [0.29, 0.717) is 27.1 Å². The Kier molecular flexibility index (Phi) is 7.09. The third-order valence-electron chi connectivity index (χ3n) is 7.54. The number of likely N-dealkylation sites (tertiary alicyclic amines) is 1. The second-order valence-electron chi connectivity index (χ2n) is 9.73. The molecular weight excluding hydrogens is 568 g/mol. The van der Waals surface area contributed by atoms with Crippen molar-refractivity contribution in [1.82, 2.24) is 10.2 Å². The van der Waals surface area contributed by atoms with Crippen molar-refractivity contribution in [1.29, 1.82) is 0 Å². The van der Waals surface area contributed by atoms with Crippen LogP contribution >= 0.6 is 15.9 Å². The molecule has 0 aliphatic carbocycles. The number of phenolic OH excluding ortho intramolecular Hbond substituents is 1. The number of methoxy groups -OCH3 is 2. The van der Waals surface area contributed by atoms with E-state index >= 15 is 0 Å². The van der Waals surface area contributed by atoms with Gasteiger partial charge in [-0.25, -0.2) is 0 Å². The fraction of sp³-hybridized carbons (Fsp3) is 0.276. The molecule has 0 bridgehead atoms. The monoisotopic (exact) mass is 594 g/mol. The van der Waals surface area contributed by atoms with Crippen LogP contribution < -0.4 is 14.8 Å². The van der Waals surface area contributed by atoms with Gasteiger partial charge in [0, 0.05) is 12.5 Å². The second-order valence-corrected chi connectivity index (χ2v) is 10.6. The molecule has 2 saturated heterocycles. The Balaban J connectivity index is 1.64. The summed E-state index contributed by atoms with van der Waals surface area (Å²) >= 11 is 3.48. The molecule has 202 valence electrons. The lowest BCUT2D eigenvalue weighted by Gasteiger charge is -2.31. The Morgan fingerprint density at radius 3 is 2.31 bits per heavy atom. The summed E-state index contributed by atoms with van der Waals surface area (Å²) in [6.07, 6.45) is -0.0765. The number of phenols is 1. The number of carbonyl (C=O) groups excluding carboxylic acids is 2. The summed E-state index contributed by atoms with van der Waals surface area (Å²) in [6, 6.07) is 17.9. The molecule has 10 heteroatoms. The van der Waals surface area contributed by atoms with Crippen molar-refractivity contribution >= 4 is 33.7 Å². The molecule has 3 aromatic carbocycles. The standard InChI is InChI=1S/C29H27BrN2O7/c1-38-21-13-18(12-20(30)25(21)39-2)24-22-23(27(35)32(26(22)34)15-17-6-4-3-5-7-17)29(31-24,28(36)37)14-16-8-10-19(33)11-9-16/h3-13,22-24,31,33H,14-15H2,1-2H3,(H,36,37). The predicted molar refractivity (Wildman–Crippen MR) is 144 cm³/mol. The van der Waals surface area contributed by atoms with Gasteiger partial charge in [0.2, 0.25) is 11.8 Å². The fourth-order valence-corrected chi connectivity index (χ4v) is 6.38. The zero-order valence-corrected chi connectivity index (χ0v) is 22.8. The topological polar surface area (TPSA) is 125 Å². The Morgan fingerprint density at radius 1 is 1.00 bits per heavy atom. The van der Waals surface area contributed by atoms with E-state index in [1.54, 1.807) is 24.3 Å². The summed E-state index contributed by atoms with van der Waals surface area (Å²) in [5.41, 5.74) is 0.143. The molecule has 2 aliphatic rings. The molecule has 39 heavy (non-hydrogen) atoms. The van der Waals surface area contributed by atoms with Crippen LogP contribution in [0.15, 0.2) is 71.2 Å². The summed E-state index contributed by atoms with van der Waals surface area (Å²) in [6.45, 7) is 0.0444. The minimum absolute atomic E-state index is 0.0367. The number of carboxylic acids is 1. The number of rotatable bonds is 8. The third kappa shape index (κ3) is 4.53. The Hall–Kier alpha value is -3.89. The summed E-state index contributed by atoms with van der Waals surface area (Å²) in [7, 11) is 2.98. The molecule has 2 aliphatic heterocycles. The van der Waals surface area contributed by atoms with Gasteiger partial charge in [-0.2, -0.15) is 0 Å². The number of hydrogen-bond acceptors (Lipinski definition) is 7. The van der Waals surface area contributed by atoms with Crippen LogP contribution in [-0.2, 0) is 27.3 Å². The van der Waals surface area contributed by atoms with E-state index in [1.165, 1.54) is 31.3 Å². The highest BCUT2D eigenvalue weighted by Crippen LogP contribution is 2.52. The Labute approximate surface area is 233 Å². The summed E-state index contributed by atoms with van der Waals surface area (Å²) in [5.74, 6) is -3.48. The first kappa shape index (κ1) is 26.7. The highest BCUT2D eigenvalue weighted by atomic mass is 79.9. The lowest BCUT2D eigenvalue weighted by Crippen LogP contribution is -2.57. The van der Waals surface area contributed by atoms with Gasteiger partial charge in [0.25, 0.3) is 0 Å². The maximum Gasteiger partial charge on any atom is 0.325 e. The molecule has 4 atom stereocenters. The summed E-state index contributed by atoms with van der Waals surface area (Å²) < 4.78 is 11.5. The van der Waals surface area contributed by atoms with Crippen molar-refractivity contribution in [2.24, 2.45) is 11.8 Å². The largest absolute Gasteiger partial charge is 0.508 e. The van der Waals surface area contributed by atoms with Gasteiger partial charge in [-0.1, -0.05) is 42.5 Å². The molecule has 0 spiro atoms. The lowest BCUT2D eigenvalue weighted by molar-refractivity contribution is -0.151. The molecule has 0 radical (unpaired) electrons. The number of nitrogens with zero attached hydrogens (tertiary/aromatic N) is 1. The van der Waals surface area contributed by atoms with Crippen molar-refractivity contribution in [2.45, 2.75) is 24.5 Å². The van der Waals surface area contributed by atoms with E-state index in [9.17, 15) is 24.6 Å². The van der Waals surface area contributed by atoms with Crippen LogP contribution in [-0.4, -0.2) is 52.7 Å². The average Bonchev–Trinajstić information content (AvgIpc) is 3.40. The van der Waals surface area contributed by atoms with E-state index in [-0.39, 0.29) is 18.7 Å². The van der Waals surface area contributed by atoms with Crippen molar-refractivity contribution in [3.8, 4) is 17.2 Å². The number of amides is 2. The number of aliphatic carboxylic acids is 1. The molecule has 4 unspecified atom stereocenters. The Bertz CT molecular complexity index is 1430.